The molecular weight excluding hydrogens is 255 g/mol. The number of fused-ring (bicyclic) bond motifs is 1. The zero-order chi connectivity index (χ0) is 14.2. The Hall–Kier alpha value is -1.42. The monoisotopic (exact) mass is 276 g/mol. The lowest BCUT2D eigenvalue weighted by Gasteiger charge is -2.37. The minimum atomic E-state index is -0.354. The fraction of sp³-hybridized carbons (Fsp3) is 0.562. The van der Waals surface area contributed by atoms with Crippen LogP contribution in [0.3, 0.4) is 0 Å². The van der Waals surface area contributed by atoms with Crippen molar-refractivity contribution in [3.8, 4) is 0 Å². The molecule has 1 amide bonds. The molecule has 2 atom stereocenters. The number of halogens is 1. The summed E-state index contributed by atoms with van der Waals surface area (Å²) in [5.41, 5.74) is 0.818. The molecule has 1 aliphatic carbocycles. The van der Waals surface area contributed by atoms with E-state index >= 15 is 0 Å². The van der Waals surface area contributed by atoms with E-state index in [0.29, 0.717) is 11.6 Å². The Morgan fingerprint density at radius 3 is 3.10 bits per heavy atom. The van der Waals surface area contributed by atoms with Gasteiger partial charge in [-0.05, 0) is 49.9 Å². The molecule has 3 rings (SSSR count). The fourth-order valence-corrected chi connectivity index (χ4v) is 3.66. The maximum Gasteiger partial charge on any atom is 0.232 e. The topological polar surface area (TPSA) is 41.1 Å². The molecule has 2 N–H and O–H groups in total. The number of amides is 1. The molecule has 2 fully saturated rings. The van der Waals surface area contributed by atoms with Crippen LogP contribution in [0, 0.1) is 24.1 Å². The molecule has 1 aromatic rings. The first kappa shape index (κ1) is 13.6. The van der Waals surface area contributed by atoms with Crippen LogP contribution in [0.1, 0.15) is 31.2 Å². The standard InChI is InChI=1S/C16H21FN2O/c1-11-5-6-14(13(17)8-11)19-15(20)16-7-3-2-4-12(16)9-18-10-16/h5-6,8,12,18H,2-4,7,9-10H2,1H3,(H,19,20)/t12-,16+/m0/s1. The minimum Gasteiger partial charge on any atom is -0.323 e. The second-order valence-electron chi connectivity index (χ2n) is 6.17. The average Bonchev–Trinajstić information content (AvgIpc) is 2.87. The van der Waals surface area contributed by atoms with Gasteiger partial charge in [0.2, 0.25) is 5.91 Å². The smallest absolute Gasteiger partial charge is 0.232 e. The number of hydrogen-bond acceptors (Lipinski definition) is 2. The van der Waals surface area contributed by atoms with Gasteiger partial charge in [0.1, 0.15) is 5.82 Å². The van der Waals surface area contributed by atoms with Gasteiger partial charge in [-0.3, -0.25) is 4.79 Å². The molecule has 1 aromatic carbocycles. The van der Waals surface area contributed by atoms with E-state index in [-0.39, 0.29) is 17.1 Å². The van der Waals surface area contributed by atoms with E-state index in [1.807, 2.05) is 13.0 Å². The zero-order valence-corrected chi connectivity index (χ0v) is 11.8. The van der Waals surface area contributed by atoms with E-state index < -0.39 is 0 Å². The van der Waals surface area contributed by atoms with Crippen LogP contribution in [0.4, 0.5) is 10.1 Å². The number of aryl methyl sites for hydroxylation is 1. The SMILES string of the molecule is Cc1ccc(NC(=O)[C@@]23CCCC[C@H]2CNC3)c(F)c1. The highest BCUT2D eigenvalue weighted by Crippen LogP contribution is 2.44. The molecule has 1 heterocycles. The van der Waals surface area contributed by atoms with Gasteiger partial charge in [0.15, 0.2) is 0 Å². The number of rotatable bonds is 2. The molecule has 0 radical (unpaired) electrons. The van der Waals surface area contributed by atoms with Crippen LogP contribution in [0.15, 0.2) is 18.2 Å². The molecule has 108 valence electrons. The highest BCUT2D eigenvalue weighted by atomic mass is 19.1. The van der Waals surface area contributed by atoms with Crippen LogP contribution >= 0.6 is 0 Å². The second kappa shape index (κ2) is 5.17. The molecule has 0 aromatic heterocycles. The van der Waals surface area contributed by atoms with Gasteiger partial charge in [-0.25, -0.2) is 4.39 Å². The number of benzene rings is 1. The Morgan fingerprint density at radius 1 is 1.45 bits per heavy atom. The van der Waals surface area contributed by atoms with Crippen molar-refractivity contribution in [2.75, 3.05) is 18.4 Å². The third-order valence-corrected chi connectivity index (χ3v) is 4.86. The normalized spacial score (nSPS) is 29.0. The molecular formula is C16H21FN2O. The molecule has 4 heteroatoms. The summed E-state index contributed by atoms with van der Waals surface area (Å²) in [6.07, 6.45) is 4.28. The molecule has 0 spiro atoms. The second-order valence-corrected chi connectivity index (χ2v) is 6.17. The van der Waals surface area contributed by atoms with Crippen molar-refractivity contribution in [1.29, 1.82) is 0 Å². The van der Waals surface area contributed by atoms with Gasteiger partial charge in [-0.2, -0.15) is 0 Å². The summed E-state index contributed by atoms with van der Waals surface area (Å²) in [6.45, 7) is 3.46. The van der Waals surface area contributed by atoms with E-state index in [1.165, 1.54) is 12.5 Å². The number of anilines is 1. The van der Waals surface area contributed by atoms with Crippen LogP contribution < -0.4 is 10.6 Å². The number of nitrogens with one attached hydrogen (secondary N) is 2. The van der Waals surface area contributed by atoms with E-state index in [9.17, 15) is 9.18 Å². The summed E-state index contributed by atoms with van der Waals surface area (Å²) < 4.78 is 13.9. The Morgan fingerprint density at radius 2 is 2.30 bits per heavy atom. The highest BCUT2D eigenvalue weighted by molar-refractivity contribution is 5.96. The molecule has 1 saturated heterocycles. The molecule has 1 saturated carbocycles. The highest BCUT2D eigenvalue weighted by Gasteiger charge is 2.49. The predicted octanol–water partition coefficient (Wildman–Crippen LogP) is 2.85. The van der Waals surface area contributed by atoms with Gasteiger partial charge in [0, 0.05) is 6.54 Å². The first-order valence-electron chi connectivity index (χ1n) is 7.40. The first-order chi connectivity index (χ1) is 9.62. The Bertz CT molecular complexity index is 531. The van der Waals surface area contributed by atoms with Crippen molar-refractivity contribution in [3.05, 3.63) is 29.6 Å². The Balaban J connectivity index is 1.81. The van der Waals surface area contributed by atoms with Crippen molar-refractivity contribution in [1.82, 2.24) is 5.32 Å². The van der Waals surface area contributed by atoms with Crippen molar-refractivity contribution >= 4 is 11.6 Å². The van der Waals surface area contributed by atoms with Crippen molar-refractivity contribution in [2.24, 2.45) is 11.3 Å². The van der Waals surface area contributed by atoms with Gasteiger partial charge in [0.05, 0.1) is 11.1 Å². The summed E-state index contributed by atoms with van der Waals surface area (Å²) >= 11 is 0. The van der Waals surface area contributed by atoms with Crippen LogP contribution in [0.5, 0.6) is 0 Å². The van der Waals surface area contributed by atoms with E-state index in [4.69, 9.17) is 0 Å². The number of carbonyl (C=O) groups is 1. The number of hydrogen-bond donors (Lipinski definition) is 2. The van der Waals surface area contributed by atoms with Crippen molar-refractivity contribution < 1.29 is 9.18 Å². The van der Waals surface area contributed by atoms with Gasteiger partial charge in [0.25, 0.3) is 0 Å². The number of carbonyl (C=O) groups excluding carboxylic acids is 1. The van der Waals surface area contributed by atoms with E-state index in [2.05, 4.69) is 10.6 Å². The van der Waals surface area contributed by atoms with Gasteiger partial charge < -0.3 is 10.6 Å². The van der Waals surface area contributed by atoms with Gasteiger partial charge >= 0.3 is 0 Å². The molecule has 2 aliphatic rings. The summed E-state index contributed by atoms with van der Waals surface area (Å²) in [7, 11) is 0. The quantitative estimate of drug-likeness (QED) is 0.872. The minimum absolute atomic E-state index is 0.0186. The predicted molar refractivity (Wildman–Crippen MR) is 77.0 cm³/mol. The third-order valence-electron chi connectivity index (χ3n) is 4.86. The summed E-state index contributed by atoms with van der Waals surface area (Å²) in [5.74, 6) is 0.0211. The van der Waals surface area contributed by atoms with E-state index in [0.717, 1.165) is 37.9 Å². The van der Waals surface area contributed by atoms with Crippen LogP contribution in [0.2, 0.25) is 0 Å². The maximum absolute atomic E-state index is 13.9. The molecule has 20 heavy (non-hydrogen) atoms. The Kier molecular flexibility index (Phi) is 3.50. The van der Waals surface area contributed by atoms with Crippen LogP contribution in [0.25, 0.3) is 0 Å². The molecule has 3 nitrogen and oxygen atoms in total. The lowest BCUT2D eigenvalue weighted by Crippen LogP contribution is -2.44. The Labute approximate surface area is 118 Å². The third kappa shape index (κ3) is 2.22. The van der Waals surface area contributed by atoms with Gasteiger partial charge in [-0.1, -0.05) is 18.9 Å². The largest absolute Gasteiger partial charge is 0.323 e. The average molecular weight is 276 g/mol. The molecule has 0 bridgehead atoms. The van der Waals surface area contributed by atoms with E-state index in [1.54, 1.807) is 6.07 Å². The lowest BCUT2D eigenvalue weighted by atomic mass is 9.67. The maximum atomic E-state index is 13.9. The molecule has 1 aliphatic heterocycles. The fourth-order valence-electron chi connectivity index (χ4n) is 3.66. The summed E-state index contributed by atoms with van der Waals surface area (Å²) in [5, 5.41) is 6.16. The first-order valence-corrected chi connectivity index (χ1v) is 7.40. The lowest BCUT2D eigenvalue weighted by molar-refractivity contribution is -0.128. The summed E-state index contributed by atoms with van der Waals surface area (Å²) in [6, 6.07) is 4.93. The van der Waals surface area contributed by atoms with Crippen molar-refractivity contribution in [3.63, 3.8) is 0 Å². The summed E-state index contributed by atoms with van der Waals surface area (Å²) in [4.78, 5) is 12.7. The van der Waals surface area contributed by atoms with Gasteiger partial charge in [-0.15, -0.1) is 0 Å². The zero-order valence-electron chi connectivity index (χ0n) is 11.8. The van der Waals surface area contributed by atoms with Crippen LogP contribution in [-0.4, -0.2) is 19.0 Å². The van der Waals surface area contributed by atoms with Crippen molar-refractivity contribution in [2.45, 2.75) is 32.6 Å². The molecule has 0 unspecified atom stereocenters. The van der Waals surface area contributed by atoms with Crippen LogP contribution in [-0.2, 0) is 4.79 Å².